The van der Waals surface area contributed by atoms with Gasteiger partial charge in [-0.25, -0.2) is 9.97 Å². The van der Waals surface area contributed by atoms with E-state index in [1.807, 2.05) is 24.3 Å². The number of hydrogen-bond donors (Lipinski definition) is 0. The van der Waals surface area contributed by atoms with Gasteiger partial charge in [0.25, 0.3) is 0 Å². The average molecular weight is 679 g/mol. The second kappa shape index (κ2) is 12.3. The van der Waals surface area contributed by atoms with Crippen LogP contribution in [0, 0.1) is 0 Å². The molecule has 3 heterocycles. The molecule has 0 unspecified atom stereocenters. The monoisotopic (exact) mass is 678 g/mol. The van der Waals surface area contributed by atoms with Crippen LogP contribution in [-0.2, 0) is 0 Å². The number of nitrogens with zero attached hydrogens (tertiary/aromatic N) is 4. The fourth-order valence-electron chi connectivity index (χ4n) is 8.09. The van der Waals surface area contributed by atoms with Gasteiger partial charge in [0.1, 0.15) is 0 Å². The van der Waals surface area contributed by atoms with Crippen LogP contribution in [0.15, 0.2) is 183 Å². The van der Waals surface area contributed by atoms with Crippen LogP contribution in [0.5, 0.6) is 0 Å². The minimum atomic E-state index is 0.688. The quantitative estimate of drug-likeness (QED) is 0.164. The van der Waals surface area contributed by atoms with Crippen molar-refractivity contribution in [2.75, 3.05) is 0 Å². The maximum absolute atomic E-state index is 5.21. The van der Waals surface area contributed by atoms with Crippen LogP contribution in [-0.4, -0.2) is 19.1 Å². The maximum Gasteiger partial charge on any atom is 0.156 e. The predicted molar refractivity (Wildman–Crippen MR) is 224 cm³/mol. The summed E-state index contributed by atoms with van der Waals surface area (Å²) in [7, 11) is 0. The van der Waals surface area contributed by atoms with Crippen molar-refractivity contribution in [1.82, 2.24) is 19.1 Å². The van der Waals surface area contributed by atoms with Crippen molar-refractivity contribution in [1.29, 1.82) is 0 Å². The third-order valence-corrected chi connectivity index (χ3v) is 10.4. The first-order chi connectivity index (χ1) is 26.2. The van der Waals surface area contributed by atoms with Gasteiger partial charge in [0.15, 0.2) is 5.82 Å². The van der Waals surface area contributed by atoms with E-state index < -0.39 is 0 Å². The highest BCUT2D eigenvalue weighted by Crippen LogP contribution is 2.44. The Morgan fingerprint density at radius 2 is 1.25 bits per heavy atom. The molecule has 0 N–H and O–H groups in total. The highest BCUT2D eigenvalue weighted by Gasteiger charge is 2.23. The van der Waals surface area contributed by atoms with Gasteiger partial charge >= 0.3 is 0 Å². The molecule has 0 saturated heterocycles. The Hall–Kier alpha value is -7.04. The molecule has 250 valence electrons. The van der Waals surface area contributed by atoms with E-state index in [-0.39, 0.29) is 0 Å². The molecule has 7 aromatic carbocycles. The second-order valence-corrected chi connectivity index (χ2v) is 13.5. The van der Waals surface area contributed by atoms with Crippen molar-refractivity contribution in [3.05, 3.63) is 188 Å². The Morgan fingerprint density at radius 3 is 2.06 bits per heavy atom. The summed E-state index contributed by atoms with van der Waals surface area (Å²) in [6, 6.07) is 55.8. The fraction of sp³-hybridized carbons (Fsp3) is 0.0204. The highest BCUT2D eigenvalue weighted by molar-refractivity contribution is 6.28. The van der Waals surface area contributed by atoms with Gasteiger partial charge in [-0.1, -0.05) is 140 Å². The van der Waals surface area contributed by atoms with Crippen molar-refractivity contribution in [3.8, 4) is 16.9 Å². The van der Waals surface area contributed by atoms with Crippen LogP contribution in [0.25, 0.3) is 93.5 Å². The van der Waals surface area contributed by atoms with E-state index in [0.717, 1.165) is 55.7 Å². The minimum Gasteiger partial charge on any atom is -0.307 e. The molecule has 0 saturated carbocycles. The lowest BCUT2D eigenvalue weighted by Gasteiger charge is -2.14. The Morgan fingerprint density at radius 1 is 0.566 bits per heavy atom. The number of hydrogen-bond acceptors (Lipinski definition) is 2. The average Bonchev–Trinajstić information content (AvgIpc) is 3.74. The van der Waals surface area contributed by atoms with Gasteiger partial charge in [-0.2, -0.15) is 0 Å². The predicted octanol–water partition coefficient (Wildman–Crippen LogP) is 12.8. The van der Waals surface area contributed by atoms with Crippen LogP contribution >= 0.6 is 0 Å². The molecule has 0 fully saturated rings. The summed E-state index contributed by atoms with van der Waals surface area (Å²) in [5.74, 6) is 0.688. The SMILES string of the molecule is C=C/C=C(\C=C(/C)c1nc(-c2ccccc2)c2ccccc2n1)n1c2ccccc2c2ccc3c4c5ccccc5ccc4n(-c4ccccc4)c3c21. The van der Waals surface area contributed by atoms with E-state index in [0.29, 0.717) is 5.82 Å². The summed E-state index contributed by atoms with van der Waals surface area (Å²) in [5.41, 5.74) is 10.5. The van der Waals surface area contributed by atoms with Gasteiger partial charge in [-0.3, -0.25) is 0 Å². The Kier molecular flexibility index (Phi) is 7.15. The van der Waals surface area contributed by atoms with Gasteiger partial charge in [0.05, 0.1) is 33.3 Å². The van der Waals surface area contributed by atoms with E-state index in [2.05, 4.69) is 174 Å². The first-order valence-corrected chi connectivity index (χ1v) is 18.0. The van der Waals surface area contributed by atoms with Gasteiger partial charge in [0.2, 0.25) is 0 Å². The summed E-state index contributed by atoms with van der Waals surface area (Å²) in [6.45, 7) is 6.29. The molecule has 3 aromatic heterocycles. The first-order valence-electron chi connectivity index (χ1n) is 18.0. The molecule has 0 bridgehead atoms. The van der Waals surface area contributed by atoms with E-state index >= 15 is 0 Å². The van der Waals surface area contributed by atoms with Gasteiger partial charge in [0, 0.05) is 43.9 Å². The molecule has 10 rings (SSSR count). The lowest BCUT2D eigenvalue weighted by Crippen LogP contribution is -2.01. The molecular weight excluding hydrogens is 645 g/mol. The molecular formula is C49H34N4. The fourth-order valence-corrected chi connectivity index (χ4v) is 8.09. The Bertz CT molecular complexity index is 3120. The van der Waals surface area contributed by atoms with Gasteiger partial charge < -0.3 is 9.13 Å². The molecule has 0 aliphatic heterocycles. The van der Waals surface area contributed by atoms with Crippen LogP contribution < -0.4 is 0 Å². The number of benzene rings is 7. The van der Waals surface area contributed by atoms with Crippen molar-refractivity contribution in [3.63, 3.8) is 0 Å². The maximum atomic E-state index is 5.21. The Labute approximate surface area is 306 Å². The standard InChI is InChI=1S/C49H34N4/c1-3-16-36(31-32(2)49-50-42-25-14-12-24-40(42)46(51-49)34-18-6-4-7-19-34)53-43-26-15-13-23-38(43)39-28-29-41-45-37-22-11-10-17-33(37)27-30-44(45)52(48(41)47(39)53)35-20-8-5-9-21-35/h3-31H,1H2,2H3/b32-31+,36-16+. The van der Waals surface area contributed by atoms with Crippen LogP contribution in [0.3, 0.4) is 0 Å². The van der Waals surface area contributed by atoms with E-state index in [4.69, 9.17) is 9.97 Å². The number of aromatic nitrogens is 4. The summed E-state index contributed by atoms with van der Waals surface area (Å²) < 4.78 is 4.84. The smallest absolute Gasteiger partial charge is 0.156 e. The molecule has 4 heteroatoms. The molecule has 0 spiro atoms. The summed E-state index contributed by atoms with van der Waals surface area (Å²) in [4.78, 5) is 10.3. The van der Waals surface area contributed by atoms with Gasteiger partial charge in [-0.05, 0) is 65.8 Å². The number of fused-ring (bicyclic) bond motifs is 10. The third-order valence-electron chi connectivity index (χ3n) is 10.4. The second-order valence-electron chi connectivity index (χ2n) is 13.5. The van der Waals surface area contributed by atoms with Crippen LogP contribution in [0.2, 0.25) is 0 Å². The highest BCUT2D eigenvalue weighted by atomic mass is 15.0. The van der Waals surface area contributed by atoms with E-state index in [1.54, 1.807) is 0 Å². The normalized spacial score (nSPS) is 12.5. The van der Waals surface area contributed by atoms with Gasteiger partial charge in [-0.15, -0.1) is 0 Å². The van der Waals surface area contributed by atoms with Crippen LogP contribution in [0.4, 0.5) is 0 Å². The first kappa shape index (κ1) is 30.8. The molecule has 0 amide bonds. The molecule has 0 aliphatic rings. The summed E-state index contributed by atoms with van der Waals surface area (Å²) in [5, 5.41) is 8.33. The zero-order chi connectivity index (χ0) is 35.5. The van der Waals surface area contributed by atoms with Crippen molar-refractivity contribution < 1.29 is 0 Å². The van der Waals surface area contributed by atoms with Crippen LogP contribution in [0.1, 0.15) is 12.7 Å². The zero-order valence-electron chi connectivity index (χ0n) is 29.2. The molecule has 10 aromatic rings. The third kappa shape index (κ3) is 4.84. The molecule has 0 radical (unpaired) electrons. The molecule has 4 nitrogen and oxygen atoms in total. The number of allylic oxidation sites excluding steroid dienone is 5. The largest absolute Gasteiger partial charge is 0.307 e. The number of para-hydroxylation sites is 3. The summed E-state index contributed by atoms with van der Waals surface area (Å²) >= 11 is 0. The lowest BCUT2D eigenvalue weighted by molar-refractivity contribution is 1.15. The molecule has 0 aliphatic carbocycles. The minimum absolute atomic E-state index is 0.688. The van der Waals surface area contributed by atoms with E-state index in [1.165, 1.54) is 37.8 Å². The topological polar surface area (TPSA) is 35.6 Å². The Balaban J connectivity index is 1.30. The molecule has 0 atom stereocenters. The van der Waals surface area contributed by atoms with Crippen molar-refractivity contribution in [2.45, 2.75) is 6.92 Å². The zero-order valence-corrected chi connectivity index (χ0v) is 29.2. The molecule has 53 heavy (non-hydrogen) atoms. The van der Waals surface area contributed by atoms with Crippen molar-refractivity contribution in [2.24, 2.45) is 0 Å². The lowest BCUT2D eigenvalue weighted by atomic mass is 10.0. The van der Waals surface area contributed by atoms with E-state index in [9.17, 15) is 0 Å². The summed E-state index contributed by atoms with van der Waals surface area (Å²) in [6.07, 6.45) is 6.17. The van der Waals surface area contributed by atoms with Crippen molar-refractivity contribution >= 4 is 76.6 Å². The number of rotatable bonds is 6.